The third kappa shape index (κ3) is 3.76. The van der Waals surface area contributed by atoms with E-state index < -0.39 is 0 Å². The number of carbonyl (C=O) groups is 1. The number of aromatic amines is 1. The summed E-state index contributed by atoms with van der Waals surface area (Å²) in [6.07, 6.45) is 2.09. The molecule has 5 heteroatoms. The number of nitrogens with zero attached hydrogens (tertiary/aromatic N) is 2. The molecule has 0 spiro atoms. The second-order valence-electron chi connectivity index (χ2n) is 5.96. The Hall–Kier alpha value is -2.95. The minimum atomic E-state index is -0.238. The molecule has 128 valence electrons. The van der Waals surface area contributed by atoms with Crippen LogP contribution in [-0.2, 0) is 11.2 Å². The van der Waals surface area contributed by atoms with Crippen LogP contribution >= 0.6 is 0 Å². The maximum absolute atomic E-state index is 12.9. The number of H-pyrrole nitrogens is 1. The van der Waals surface area contributed by atoms with Gasteiger partial charge in [-0.25, -0.2) is 5.10 Å². The number of hydrogen-bond donors (Lipinski definition) is 1. The van der Waals surface area contributed by atoms with Crippen LogP contribution in [0.4, 0.5) is 5.69 Å². The molecule has 0 radical (unpaired) electrons. The average molecular weight is 335 g/mol. The highest BCUT2D eigenvalue weighted by Crippen LogP contribution is 2.18. The number of amides is 1. The Bertz CT molecular complexity index is 919. The molecule has 1 amide bonds. The first kappa shape index (κ1) is 16.9. The predicted octanol–water partition coefficient (Wildman–Crippen LogP) is 3.30. The van der Waals surface area contributed by atoms with Gasteiger partial charge in [-0.05, 0) is 24.6 Å². The molecule has 0 aliphatic carbocycles. The highest BCUT2D eigenvalue weighted by atomic mass is 16.2. The molecule has 0 bridgehead atoms. The van der Waals surface area contributed by atoms with E-state index in [4.69, 9.17) is 0 Å². The predicted molar refractivity (Wildman–Crippen MR) is 99.8 cm³/mol. The Morgan fingerprint density at radius 3 is 2.44 bits per heavy atom. The average Bonchev–Trinajstić information content (AvgIpc) is 2.65. The molecule has 1 N–H and O–H groups in total. The van der Waals surface area contributed by atoms with E-state index in [0.29, 0.717) is 17.6 Å². The van der Waals surface area contributed by atoms with Crippen LogP contribution in [0.25, 0.3) is 10.8 Å². The highest BCUT2D eigenvalue weighted by molar-refractivity contribution is 5.97. The first-order valence-corrected chi connectivity index (χ1v) is 8.52. The minimum absolute atomic E-state index is 0.0237. The van der Waals surface area contributed by atoms with E-state index in [9.17, 15) is 9.59 Å². The van der Waals surface area contributed by atoms with Crippen molar-refractivity contribution in [3.05, 3.63) is 70.6 Å². The van der Waals surface area contributed by atoms with Gasteiger partial charge in [0.2, 0.25) is 5.91 Å². The van der Waals surface area contributed by atoms with E-state index in [1.807, 2.05) is 42.5 Å². The SMILES string of the molecule is CCCCN(C(=O)Cc1n[nH]c(=O)c2ccccc12)c1ccccc1. The van der Waals surface area contributed by atoms with Crippen LogP contribution in [-0.4, -0.2) is 22.6 Å². The molecule has 0 aliphatic rings. The zero-order valence-electron chi connectivity index (χ0n) is 14.2. The highest BCUT2D eigenvalue weighted by Gasteiger charge is 2.18. The second-order valence-corrected chi connectivity index (χ2v) is 5.96. The number of anilines is 1. The van der Waals surface area contributed by atoms with E-state index in [1.54, 1.807) is 17.0 Å². The van der Waals surface area contributed by atoms with Gasteiger partial charge in [-0.2, -0.15) is 5.10 Å². The summed E-state index contributed by atoms with van der Waals surface area (Å²) in [4.78, 5) is 26.6. The molecule has 2 aromatic carbocycles. The molecule has 0 atom stereocenters. The lowest BCUT2D eigenvalue weighted by molar-refractivity contribution is -0.118. The zero-order valence-corrected chi connectivity index (χ0v) is 14.2. The van der Waals surface area contributed by atoms with Crippen molar-refractivity contribution in [1.82, 2.24) is 10.2 Å². The standard InChI is InChI=1S/C20H21N3O2/c1-2-3-13-23(15-9-5-4-6-10-15)19(24)14-18-16-11-7-8-12-17(16)20(25)22-21-18/h4-12H,2-3,13-14H2,1H3,(H,22,25). The number of aromatic nitrogens is 2. The third-order valence-electron chi connectivity index (χ3n) is 4.20. The Morgan fingerprint density at radius 2 is 1.72 bits per heavy atom. The zero-order chi connectivity index (χ0) is 17.6. The molecule has 0 saturated heterocycles. The summed E-state index contributed by atoms with van der Waals surface area (Å²) in [5, 5.41) is 7.89. The molecule has 0 aliphatic heterocycles. The topological polar surface area (TPSA) is 66.1 Å². The number of unbranched alkanes of at least 4 members (excludes halogenated alkanes) is 1. The molecule has 25 heavy (non-hydrogen) atoms. The minimum Gasteiger partial charge on any atom is -0.312 e. The van der Waals surface area contributed by atoms with Crippen molar-refractivity contribution in [2.45, 2.75) is 26.2 Å². The molecular weight excluding hydrogens is 314 g/mol. The van der Waals surface area contributed by atoms with Gasteiger partial charge in [-0.3, -0.25) is 9.59 Å². The van der Waals surface area contributed by atoms with E-state index in [1.165, 1.54) is 0 Å². The number of nitrogens with one attached hydrogen (secondary N) is 1. The fourth-order valence-electron chi connectivity index (χ4n) is 2.87. The first-order valence-electron chi connectivity index (χ1n) is 8.52. The van der Waals surface area contributed by atoms with Crippen LogP contribution in [0, 0.1) is 0 Å². The molecule has 3 rings (SSSR count). The summed E-state index contributed by atoms with van der Waals surface area (Å²) < 4.78 is 0. The summed E-state index contributed by atoms with van der Waals surface area (Å²) in [6, 6.07) is 16.9. The Morgan fingerprint density at radius 1 is 1.04 bits per heavy atom. The van der Waals surface area contributed by atoms with Crippen LogP contribution in [0.5, 0.6) is 0 Å². The van der Waals surface area contributed by atoms with Gasteiger partial charge in [0, 0.05) is 17.6 Å². The van der Waals surface area contributed by atoms with Gasteiger partial charge >= 0.3 is 0 Å². The third-order valence-corrected chi connectivity index (χ3v) is 4.20. The van der Waals surface area contributed by atoms with E-state index in [-0.39, 0.29) is 17.9 Å². The maximum atomic E-state index is 12.9. The fraction of sp³-hybridized carbons (Fsp3) is 0.250. The van der Waals surface area contributed by atoms with Crippen molar-refractivity contribution in [3.63, 3.8) is 0 Å². The molecule has 1 heterocycles. The van der Waals surface area contributed by atoms with Gasteiger partial charge < -0.3 is 4.90 Å². The lowest BCUT2D eigenvalue weighted by atomic mass is 10.1. The van der Waals surface area contributed by atoms with Gasteiger partial charge in [-0.1, -0.05) is 49.7 Å². The maximum Gasteiger partial charge on any atom is 0.272 e. The Kier molecular flexibility index (Phi) is 5.23. The van der Waals surface area contributed by atoms with Gasteiger partial charge in [0.25, 0.3) is 5.56 Å². The lowest BCUT2D eigenvalue weighted by Crippen LogP contribution is -2.33. The van der Waals surface area contributed by atoms with E-state index in [2.05, 4.69) is 17.1 Å². The number of para-hydroxylation sites is 1. The van der Waals surface area contributed by atoms with Gasteiger partial charge in [-0.15, -0.1) is 0 Å². The Labute approximate surface area is 146 Å². The van der Waals surface area contributed by atoms with Crippen molar-refractivity contribution >= 4 is 22.4 Å². The summed E-state index contributed by atoms with van der Waals surface area (Å²) in [6.45, 7) is 2.77. The summed E-state index contributed by atoms with van der Waals surface area (Å²) >= 11 is 0. The normalized spacial score (nSPS) is 10.8. The van der Waals surface area contributed by atoms with Crippen LogP contribution in [0.3, 0.4) is 0 Å². The quantitative estimate of drug-likeness (QED) is 0.751. The Balaban J connectivity index is 1.92. The fourth-order valence-corrected chi connectivity index (χ4v) is 2.87. The number of benzene rings is 2. The second kappa shape index (κ2) is 7.75. The van der Waals surface area contributed by atoms with Crippen molar-refractivity contribution in [1.29, 1.82) is 0 Å². The van der Waals surface area contributed by atoms with Crippen LogP contribution in [0.2, 0.25) is 0 Å². The summed E-state index contributed by atoms with van der Waals surface area (Å²) in [5.41, 5.74) is 1.24. The number of hydrogen-bond acceptors (Lipinski definition) is 3. The van der Waals surface area contributed by atoms with E-state index in [0.717, 1.165) is 23.9 Å². The number of carbonyl (C=O) groups excluding carboxylic acids is 1. The summed E-state index contributed by atoms with van der Waals surface area (Å²) in [5.74, 6) is -0.0237. The lowest BCUT2D eigenvalue weighted by Gasteiger charge is -2.22. The molecule has 0 saturated carbocycles. The largest absolute Gasteiger partial charge is 0.312 e. The van der Waals surface area contributed by atoms with Gasteiger partial charge in [0.15, 0.2) is 0 Å². The van der Waals surface area contributed by atoms with Crippen molar-refractivity contribution in [2.75, 3.05) is 11.4 Å². The van der Waals surface area contributed by atoms with Crippen LogP contribution in [0.15, 0.2) is 59.4 Å². The van der Waals surface area contributed by atoms with Crippen LogP contribution < -0.4 is 10.5 Å². The van der Waals surface area contributed by atoms with E-state index >= 15 is 0 Å². The number of rotatable bonds is 6. The molecule has 0 unspecified atom stereocenters. The van der Waals surface area contributed by atoms with Gasteiger partial charge in [0.05, 0.1) is 17.5 Å². The molecular formula is C20H21N3O2. The number of fused-ring (bicyclic) bond motifs is 1. The molecule has 3 aromatic rings. The smallest absolute Gasteiger partial charge is 0.272 e. The molecule has 5 nitrogen and oxygen atoms in total. The van der Waals surface area contributed by atoms with Crippen molar-refractivity contribution < 1.29 is 4.79 Å². The molecule has 0 fully saturated rings. The van der Waals surface area contributed by atoms with Crippen LogP contribution in [0.1, 0.15) is 25.5 Å². The molecule has 1 aromatic heterocycles. The monoisotopic (exact) mass is 335 g/mol. The summed E-state index contributed by atoms with van der Waals surface area (Å²) in [7, 11) is 0. The van der Waals surface area contributed by atoms with Crippen molar-refractivity contribution in [3.8, 4) is 0 Å². The first-order chi connectivity index (χ1) is 12.2. The van der Waals surface area contributed by atoms with Crippen molar-refractivity contribution in [2.24, 2.45) is 0 Å². The van der Waals surface area contributed by atoms with Gasteiger partial charge in [0.1, 0.15) is 0 Å².